The van der Waals surface area contributed by atoms with E-state index < -0.39 is 0 Å². The van der Waals surface area contributed by atoms with Gasteiger partial charge in [-0.2, -0.15) is 0 Å². The Hall–Kier alpha value is 0. The first-order chi connectivity index (χ1) is 18.8. The molecule has 0 aromatic heterocycles. The average molecular weight is 521 g/mol. The molecule has 216 valence electrons. The van der Waals surface area contributed by atoms with E-state index in [9.17, 15) is 0 Å². The predicted octanol–water partition coefficient (Wildman–Crippen LogP) is 11.5. The van der Waals surface area contributed by atoms with E-state index in [0.29, 0.717) is 0 Å². The summed E-state index contributed by atoms with van der Waals surface area (Å²) in [5.41, 5.74) is 0. The Balaban J connectivity index is 1.16. The summed E-state index contributed by atoms with van der Waals surface area (Å²) in [5.74, 6) is 14.6. The maximum Gasteiger partial charge on any atom is -0.0321 e. The van der Waals surface area contributed by atoms with E-state index in [1.165, 1.54) is 19.3 Å². The topological polar surface area (TPSA) is 0 Å². The number of rotatable bonds is 6. The monoisotopic (exact) mass is 521 g/mol. The molecule has 0 heteroatoms. The molecule has 0 heterocycles. The van der Waals surface area contributed by atoms with Gasteiger partial charge in [0, 0.05) is 0 Å². The molecule has 10 atom stereocenters. The fourth-order valence-corrected chi connectivity index (χ4v) is 14.0. The molecule has 7 saturated carbocycles. The van der Waals surface area contributed by atoms with Gasteiger partial charge in [0.1, 0.15) is 0 Å². The minimum absolute atomic E-state index is 1.06. The van der Waals surface area contributed by atoms with E-state index in [1.807, 2.05) is 0 Å². The Bertz CT molecular complexity index is 723. The lowest BCUT2D eigenvalue weighted by atomic mass is 9.43. The van der Waals surface area contributed by atoms with Crippen molar-refractivity contribution in [2.45, 2.75) is 161 Å². The van der Waals surface area contributed by atoms with Gasteiger partial charge in [-0.25, -0.2) is 0 Å². The Kier molecular flexibility index (Phi) is 8.54. The van der Waals surface area contributed by atoms with Gasteiger partial charge in [-0.1, -0.05) is 96.8 Å². The van der Waals surface area contributed by atoms with E-state index in [-0.39, 0.29) is 0 Å². The molecule has 38 heavy (non-hydrogen) atoms. The fourth-order valence-electron chi connectivity index (χ4n) is 14.0. The van der Waals surface area contributed by atoms with Crippen molar-refractivity contribution >= 4 is 0 Å². The molecule has 0 saturated heterocycles. The van der Waals surface area contributed by atoms with Gasteiger partial charge < -0.3 is 0 Å². The van der Waals surface area contributed by atoms with Gasteiger partial charge in [-0.05, 0) is 141 Å². The van der Waals surface area contributed by atoms with Gasteiger partial charge in [0.05, 0.1) is 0 Å². The highest BCUT2D eigenvalue weighted by atomic mass is 14.6. The smallest absolute Gasteiger partial charge is 0.0321 e. The van der Waals surface area contributed by atoms with Gasteiger partial charge in [0.25, 0.3) is 0 Å². The van der Waals surface area contributed by atoms with E-state index >= 15 is 0 Å². The van der Waals surface area contributed by atoms with Gasteiger partial charge in [-0.3, -0.25) is 0 Å². The molecule has 7 fully saturated rings. The molecular weight excluding hydrogens is 456 g/mol. The molecule has 0 aliphatic heterocycles. The minimum atomic E-state index is 1.06. The molecule has 0 spiro atoms. The predicted molar refractivity (Wildman–Crippen MR) is 162 cm³/mol. The van der Waals surface area contributed by atoms with Crippen molar-refractivity contribution in [2.75, 3.05) is 0 Å². The van der Waals surface area contributed by atoms with E-state index in [0.717, 1.165) is 76.9 Å². The van der Waals surface area contributed by atoms with Crippen LogP contribution in [0.15, 0.2) is 0 Å². The maximum absolute atomic E-state index is 2.54. The van der Waals surface area contributed by atoms with Crippen molar-refractivity contribution < 1.29 is 0 Å². The Morgan fingerprint density at radius 2 is 0.947 bits per heavy atom. The van der Waals surface area contributed by atoms with Crippen LogP contribution >= 0.6 is 0 Å². The average Bonchev–Trinajstić information content (AvgIpc) is 3.52. The highest BCUT2D eigenvalue weighted by molar-refractivity contribution is 5.06. The molecule has 7 aliphatic rings. The van der Waals surface area contributed by atoms with Crippen LogP contribution in [0.4, 0.5) is 0 Å². The number of fused-ring (bicyclic) bond motifs is 5. The van der Waals surface area contributed by atoms with Crippen LogP contribution in [0.5, 0.6) is 0 Å². The lowest BCUT2D eigenvalue weighted by Crippen LogP contribution is -2.55. The zero-order chi connectivity index (χ0) is 25.5. The van der Waals surface area contributed by atoms with Crippen LogP contribution in [-0.2, 0) is 0 Å². The first kappa shape index (κ1) is 26.9. The van der Waals surface area contributed by atoms with E-state index in [4.69, 9.17) is 0 Å². The molecule has 0 nitrogen and oxygen atoms in total. The summed E-state index contributed by atoms with van der Waals surface area (Å²) < 4.78 is 0. The van der Waals surface area contributed by atoms with Gasteiger partial charge in [0.2, 0.25) is 0 Å². The number of hydrogen-bond donors (Lipinski definition) is 0. The second kappa shape index (κ2) is 12.1. The van der Waals surface area contributed by atoms with Gasteiger partial charge in [0.15, 0.2) is 0 Å². The summed E-state index contributed by atoms with van der Waals surface area (Å²) >= 11 is 0. The maximum atomic E-state index is 2.54. The Morgan fingerprint density at radius 1 is 0.474 bits per heavy atom. The van der Waals surface area contributed by atoms with E-state index in [1.54, 1.807) is 135 Å². The summed E-state index contributed by atoms with van der Waals surface area (Å²) in [7, 11) is 0. The molecule has 7 aliphatic carbocycles. The van der Waals surface area contributed by atoms with Crippen LogP contribution in [-0.4, -0.2) is 0 Å². The quantitative estimate of drug-likeness (QED) is 0.326. The van der Waals surface area contributed by atoms with Crippen molar-refractivity contribution in [1.29, 1.82) is 0 Å². The molecule has 0 aromatic carbocycles. The zero-order valence-electron chi connectivity index (χ0n) is 25.5. The van der Waals surface area contributed by atoms with Crippen LogP contribution in [0, 0.1) is 76.9 Å². The van der Waals surface area contributed by atoms with Crippen LogP contribution < -0.4 is 0 Å². The zero-order valence-corrected chi connectivity index (χ0v) is 25.5. The molecule has 0 radical (unpaired) electrons. The first-order valence-corrected chi connectivity index (χ1v) is 18.8. The first-order valence-electron chi connectivity index (χ1n) is 18.8. The molecule has 7 rings (SSSR count). The van der Waals surface area contributed by atoms with Crippen LogP contribution in [0.2, 0.25) is 0 Å². The van der Waals surface area contributed by atoms with Gasteiger partial charge in [-0.15, -0.1) is 0 Å². The van der Waals surface area contributed by atoms with Crippen molar-refractivity contribution in [2.24, 2.45) is 76.9 Å². The van der Waals surface area contributed by atoms with Crippen molar-refractivity contribution in [1.82, 2.24) is 0 Å². The standard InChI is InChI=1S/C38H64/c1-2-26(27-13-3-4-14-27)23-24-34-31-18-9-11-21-35(31)38(36-22-12-10-19-32(34)36)37-25-28-15-5-6-16-29(28)30-17-7-8-20-33(30)37/h26-38H,2-25H2,1H3. The molecule has 0 amide bonds. The molecular formula is C38H64. The molecule has 0 N–H and O–H groups in total. The highest BCUT2D eigenvalue weighted by Gasteiger charge is 2.57. The largest absolute Gasteiger partial charge is 0.0651 e. The minimum Gasteiger partial charge on any atom is -0.0651 e. The summed E-state index contributed by atoms with van der Waals surface area (Å²) in [6, 6.07) is 0. The lowest BCUT2D eigenvalue weighted by molar-refractivity contribution is -0.132. The van der Waals surface area contributed by atoms with Crippen molar-refractivity contribution in [3.05, 3.63) is 0 Å². The van der Waals surface area contributed by atoms with E-state index in [2.05, 4.69) is 6.92 Å². The summed E-state index contributed by atoms with van der Waals surface area (Å²) in [6.45, 7) is 2.54. The normalized spacial score (nSPS) is 48.4. The lowest BCUT2D eigenvalue weighted by Gasteiger charge is -2.62. The summed E-state index contributed by atoms with van der Waals surface area (Å²) in [4.78, 5) is 0. The van der Waals surface area contributed by atoms with Crippen LogP contribution in [0.3, 0.4) is 0 Å². The van der Waals surface area contributed by atoms with Gasteiger partial charge >= 0.3 is 0 Å². The fraction of sp³-hybridized carbons (Fsp3) is 1.00. The van der Waals surface area contributed by atoms with Crippen molar-refractivity contribution in [3.8, 4) is 0 Å². The Morgan fingerprint density at radius 3 is 1.55 bits per heavy atom. The third-order valence-corrected chi connectivity index (χ3v) is 15.3. The highest BCUT2D eigenvalue weighted by Crippen LogP contribution is 2.64. The summed E-state index contributed by atoms with van der Waals surface area (Å²) in [6.07, 6.45) is 38.2. The third kappa shape index (κ3) is 4.99. The van der Waals surface area contributed by atoms with Crippen LogP contribution in [0.25, 0.3) is 0 Å². The molecule has 0 aromatic rings. The summed E-state index contributed by atoms with van der Waals surface area (Å²) in [5, 5.41) is 0. The van der Waals surface area contributed by atoms with Crippen molar-refractivity contribution in [3.63, 3.8) is 0 Å². The SMILES string of the molecule is CCC(CCC1C2CCCCC2C(C2CC3CCCCC3C3CCCCC32)C2CCCCC12)C1CCCC1. The number of hydrogen-bond acceptors (Lipinski definition) is 0. The molecule has 0 bridgehead atoms. The Labute approximate surface area is 237 Å². The third-order valence-electron chi connectivity index (χ3n) is 15.3. The second-order valence-electron chi connectivity index (χ2n) is 16.5. The molecule has 10 unspecified atom stereocenters. The van der Waals surface area contributed by atoms with Crippen LogP contribution in [0.1, 0.15) is 161 Å². The second-order valence-corrected chi connectivity index (χ2v) is 16.5.